The van der Waals surface area contributed by atoms with E-state index >= 15 is 0 Å². The summed E-state index contributed by atoms with van der Waals surface area (Å²) in [7, 11) is 0. The lowest BCUT2D eigenvalue weighted by Gasteiger charge is -2.20. The van der Waals surface area contributed by atoms with Crippen molar-refractivity contribution in [3.63, 3.8) is 0 Å². The number of hydrogen-bond donors (Lipinski definition) is 1. The molecule has 2 heterocycles. The van der Waals surface area contributed by atoms with Crippen molar-refractivity contribution in [2.24, 2.45) is 4.99 Å². The smallest absolute Gasteiger partial charge is 0.249 e. The molecule has 0 unspecified atom stereocenters. The minimum absolute atomic E-state index is 0.164. The Morgan fingerprint density at radius 1 is 1.03 bits per heavy atom. The molecule has 1 aliphatic carbocycles. The van der Waals surface area contributed by atoms with Crippen molar-refractivity contribution in [1.82, 2.24) is 0 Å². The zero-order chi connectivity index (χ0) is 23.8. The Hall–Kier alpha value is -3.46. The first-order valence-electron chi connectivity index (χ1n) is 10.9. The van der Waals surface area contributed by atoms with Gasteiger partial charge in [0.05, 0.1) is 11.4 Å². The molecule has 1 N–H and O–H groups in total. The molecule has 0 spiro atoms. The van der Waals surface area contributed by atoms with Gasteiger partial charge in [-0.05, 0) is 67.6 Å². The third kappa shape index (κ3) is 4.23. The summed E-state index contributed by atoms with van der Waals surface area (Å²) in [5.74, 6) is -3.00. The molecule has 34 heavy (non-hydrogen) atoms. The van der Waals surface area contributed by atoms with E-state index in [-0.39, 0.29) is 30.5 Å². The van der Waals surface area contributed by atoms with Crippen LogP contribution < -0.4 is 10.2 Å². The van der Waals surface area contributed by atoms with Gasteiger partial charge in [0.1, 0.15) is 35.5 Å². The molecule has 3 aromatic rings. The number of hydrogen-bond acceptors (Lipinski definition) is 4. The molecular formula is C25H20F3N3O2S. The Balaban J connectivity index is 1.52. The molecule has 1 aliphatic heterocycles. The Morgan fingerprint density at radius 2 is 1.76 bits per heavy atom. The second kappa shape index (κ2) is 9.06. The standard InChI is InChI=1S/C25H20F3N3O2S/c26-15-7-5-14(6-8-15)24-23-17-3-1-2-4-20(17)34-25(23)31(22(33)12-29-24)13-21(32)30-19-10-9-16(27)11-18(19)28/h5-11H,1-4,12-13H2,(H,30,32). The summed E-state index contributed by atoms with van der Waals surface area (Å²) in [5, 5.41) is 3.04. The van der Waals surface area contributed by atoms with E-state index in [2.05, 4.69) is 10.3 Å². The van der Waals surface area contributed by atoms with Gasteiger partial charge in [-0.2, -0.15) is 0 Å². The molecule has 2 aliphatic rings. The highest BCUT2D eigenvalue weighted by atomic mass is 32.1. The number of benzene rings is 2. The van der Waals surface area contributed by atoms with Crippen molar-refractivity contribution in [1.29, 1.82) is 0 Å². The van der Waals surface area contributed by atoms with Gasteiger partial charge in [-0.3, -0.25) is 19.5 Å². The predicted octanol–water partition coefficient (Wildman–Crippen LogP) is 4.87. The molecule has 0 saturated carbocycles. The van der Waals surface area contributed by atoms with Gasteiger partial charge in [0.2, 0.25) is 11.8 Å². The summed E-state index contributed by atoms with van der Waals surface area (Å²) < 4.78 is 40.8. The third-order valence-electron chi connectivity index (χ3n) is 5.93. The number of carbonyl (C=O) groups excluding carboxylic acids is 2. The lowest BCUT2D eigenvalue weighted by Crippen LogP contribution is -2.39. The number of anilines is 2. The zero-order valence-electron chi connectivity index (χ0n) is 18.0. The largest absolute Gasteiger partial charge is 0.322 e. The predicted molar refractivity (Wildman–Crippen MR) is 125 cm³/mol. The molecular weight excluding hydrogens is 463 g/mol. The van der Waals surface area contributed by atoms with Gasteiger partial charge in [-0.15, -0.1) is 11.3 Å². The van der Waals surface area contributed by atoms with Gasteiger partial charge in [0.25, 0.3) is 0 Å². The molecule has 9 heteroatoms. The number of carbonyl (C=O) groups is 2. The average Bonchev–Trinajstić information content (AvgIpc) is 3.13. The molecule has 1 aromatic heterocycles. The van der Waals surface area contributed by atoms with Crippen molar-refractivity contribution in [2.75, 3.05) is 23.3 Å². The SMILES string of the molecule is O=C(CN1C(=O)CN=C(c2ccc(F)cc2)c2c1sc1c2CCCC1)Nc1ccc(F)cc1F. The highest BCUT2D eigenvalue weighted by Gasteiger charge is 2.33. The van der Waals surface area contributed by atoms with Gasteiger partial charge >= 0.3 is 0 Å². The number of aliphatic imine (C=N–C) groups is 1. The zero-order valence-corrected chi connectivity index (χ0v) is 18.9. The van der Waals surface area contributed by atoms with Crippen LogP contribution in [0.25, 0.3) is 0 Å². The van der Waals surface area contributed by atoms with E-state index < -0.39 is 17.5 Å². The van der Waals surface area contributed by atoms with Crippen LogP contribution in [0.2, 0.25) is 0 Å². The first-order chi connectivity index (χ1) is 16.4. The number of rotatable bonds is 4. The fraction of sp³-hybridized carbons (Fsp3) is 0.240. The lowest BCUT2D eigenvalue weighted by molar-refractivity contribution is -0.120. The molecule has 2 amide bonds. The molecule has 5 rings (SSSR count). The maximum Gasteiger partial charge on any atom is 0.249 e. The summed E-state index contributed by atoms with van der Waals surface area (Å²) in [6.45, 7) is -0.519. The highest BCUT2D eigenvalue weighted by molar-refractivity contribution is 7.17. The molecule has 0 bridgehead atoms. The van der Waals surface area contributed by atoms with Gasteiger partial charge in [-0.25, -0.2) is 13.2 Å². The molecule has 0 saturated heterocycles. The van der Waals surface area contributed by atoms with E-state index in [9.17, 15) is 22.8 Å². The lowest BCUT2D eigenvalue weighted by atomic mass is 9.91. The maximum absolute atomic E-state index is 14.0. The fourth-order valence-corrected chi connectivity index (χ4v) is 5.74. The molecule has 5 nitrogen and oxygen atoms in total. The minimum atomic E-state index is -0.898. The summed E-state index contributed by atoms with van der Waals surface area (Å²) in [4.78, 5) is 33.0. The number of thiophene rings is 1. The van der Waals surface area contributed by atoms with E-state index in [1.165, 1.54) is 28.4 Å². The number of fused-ring (bicyclic) bond motifs is 3. The topological polar surface area (TPSA) is 61.8 Å². The van der Waals surface area contributed by atoms with E-state index in [0.29, 0.717) is 22.3 Å². The second-order valence-electron chi connectivity index (χ2n) is 8.22. The number of nitrogens with one attached hydrogen (secondary N) is 1. The van der Waals surface area contributed by atoms with Crippen molar-refractivity contribution < 1.29 is 22.8 Å². The molecule has 174 valence electrons. The summed E-state index contributed by atoms with van der Waals surface area (Å²) >= 11 is 1.46. The van der Waals surface area contributed by atoms with Crippen molar-refractivity contribution in [3.8, 4) is 0 Å². The Labute approximate surface area is 197 Å². The Bertz CT molecular complexity index is 1320. The van der Waals surface area contributed by atoms with Crippen LogP contribution in [0, 0.1) is 17.5 Å². The van der Waals surface area contributed by atoms with Crippen LogP contribution in [0.5, 0.6) is 0 Å². The second-order valence-corrected chi connectivity index (χ2v) is 9.30. The van der Waals surface area contributed by atoms with Gasteiger partial charge in [-0.1, -0.05) is 0 Å². The van der Waals surface area contributed by atoms with Crippen LogP contribution in [-0.4, -0.2) is 30.6 Å². The van der Waals surface area contributed by atoms with Crippen LogP contribution in [0.15, 0.2) is 47.5 Å². The first-order valence-corrected chi connectivity index (χ1v) is 11.7. The number of halogens is 3. The van der Waals surface area contributed by atoms with E-state index in [1.54, 1.807) is 12.1 Å². The fourth-order valence-electron chi connectivity index (χ4n) is 4.34. The van der Waals surface area contributed by atoms with Crippen LogP contribution in [0.1, 0.15) is 34.4 Å². The minimum Gasteiger partial charge on any atom is -0.322 e. The Kier molecular flexibility index (Phi) is 5.95. The first kappa shape index (κ1) is 22.3. The van der Waals surface area contributed by atoms with Crippen LogP contribution in [-0.2, 0) is 22.4 Å². The molecule has 2 aromatic carbocycles. The van der Waals surface area contributed by atoms with E-state index in [4.69, 9.17) is 0 Å². The Morgan fingerprint density at radius 3 is 2.53 bits per heavy atom. The highest BCUT2D eigenvalue weighted by Crippen LogP contribution is 2.42. The monoisotopic (exact) mass is 483 g/mol. The molecule has 0 atom stereocenters. The van der Waals surface area contributed by atoms with Crippen molar-refractivity contribution in [2.45, 2.75) is 25.7 Å². The maximum atomic E-state index is 14.0. The summed E-state index contributed by atoms with van der Waals surface area (Å²) in [6, 6.07) is 8.84. The average molecular weight is 484 g/mol. The van der Waals surface area contributed by atoms with Gasteiger partial charge in [0.15, 0.2) is 0 Å². The summed E-state index contributed by atoms with van der Waals surface area (Å²) in [6.07, 6.45) is 3.74. The van der Waals surface area contributed by atoms with Gasteiger partial charge < -0.3 is 5.32 Å². The number of amides is 2. The van der Waals surface area contributed by atoms with Crippen LogP contribution in [0.3, 0.4) is 0 Å². The summed E-state index contributed by atoms with van der Waals surface area (Å²) in [5.41, 5.74) is 3.05. The van der Waals surface area contributed by atoms with E-state index in [0.717, 1.165) is 53.8 Å². The van der Waals surface area contributed by atoms with Crippen molar-refractivity contribution >= 4 is 39.6 Å². The number of nitrogens with zero attached hydrogens (tertiary/aromatic N) is 2. The molecule has 0 radical (unpaired) electrons. The quantitative estimate of drug-likeness (QED) is 0.576. The normalized spacial score (nSPS) is 15.3. The van der Waals surface area contributed by atoms with Crippen LogP contribution in [0.4, 0.5) is 23.9 Å². The van der Waals surface area contributed by atoms with E-state index in [1.807, 2.05) is 0 Å². The third-order valence-corrected chi connectivity index (χ3v) is 7.25. The number of aryl methyl sites for hydroxylation is 1. The van der Waals surface area contributed by atoms with Crippen molar-refractivity contribution in [3.05, 3.63) is 81.5 Å². The van der Waals surface area contributed by atoms with Crippen LogP contribution >= 0.6 is 11.3 Å². The van der Waals surface area contributed by atoms with Gasteiger partial charge in [0, 0.05) is 22.1 Å². The molecule has 0 fully saturated rings.